The highest BCUT2D eigenvalue weighted by Gasteiger charge is 2.46. The summed E-state index contributed by atoms with van der Waals surface area (Å²) in [7, 11) is 0. The van der Waals surface area contributed by atoms with Crippen molar-refractivity contribution >= 4 is 75.9 Å². The van der Waals surface area contributed by atoms with Crippen LogP contribution in [0.3, 0.4) is 0 Å². The minimum Gasteiger partial charge on any atom is -0.309 e. The lowest BCUT2D eigenvalue weighted by atomic mass is 9.67. The van der Waals surface area contributed by atoms with Crippen molar-refractivity contribution in [2.75, 3.05) is 0 Å². The van der Waals surface area contributed by atoms with Crippen LogP contribution >= 0.6 is 0 Å². The highest BCUT2D eigenvalue weighted by molar-refractivity contribution is 6.26. The number of hydrogen-bond acceptors (Lipinski definition) is 3. The van der Waals surface area contributed by atoms with Gasteiger partial charge in [0, 0.05) is 38.4 Å². The molecular formula is C76H47N5. The molecule has 3 heterocycles. The van der Waals surface area contributed by atoms with Gasteiger partial charge in [0.25, 0.3) is 0 Å². The summed E-state index contributed by atoms with van der Waals surface area (Å²) in [6.45, 7) is 0. The predicted molar refractivity (Wildman–Crippen MR) is 335 cm³/mol. The van der Waals surface area contributed by atoms with Crippen LogP contribution in [-0.4, -0.2) is 24.1 Å². The Hall–Kier alpha value is -10.8. The van der Waals surface area contributed by atoms with Crippen LogP contribution in [0, 0.1) is 0 Å². The molecule has 376 valence electrons. The smallest absolute Gasteiger partial charge is 0.238 e. The molecule has 0 unspecified atom stereocenters. The third-order valence-corrected chi connectivity index (χ3v) is 17.2. The first-order valence-corrected chi connectivity index (χ1v) is 27.8. The summed E-state index contributed by atoms with van der Waals surface area (Å²) in [5, 5.41) is 12.3. The Balaban J connectivity index is 0.858. The molecule has 17 rings (SSSR count). The van der Waals surface area contributed by atoms with Gasteiger partial charge in [-0.25, -0.2) is 4.98 Å². The molecule has 0 amide bonds. The Bertz CT molecular complexity index is 5140. The minimum atomic E-state index is -0.582. The molecule has 1 aliphatic carbocycles. The van der Waals surface area contributed by atoms with Crippen molar-refractivity contribution in [3.8, 4) is 56.7 Å². The second-order valence-corrected chi connectivity index (χ2v) is 21.4. The molecule has 0 bridgehead atoms. The maximum Gasteiger partial charge on any atom is 0.238 e. The molecule has 0 saturated heterocycles. The van der Waals surface area contributed by atoms with Crippen LogP contribution < -0.4 is 0 Å². The molecule has 1 aliphatic rings. The van der Waals surface area contributed by atoms with E-state index in [1.165, 1.54) is 87.6 Å². The normalized spacial score (nSPS) is 12.8. The van der Waals surface area contributed by atoms with Crippen LogP contribution in [0.4, 0.5) is 0 Å². The van der Waals surface area contributed by atoms with Crippen molar-refractivity contribution in [1.82, 2.24) is 24.1 Å². The van der Waals surface area contributed by atoms with Crippen molar-refractivity contribution in [3.63, 3.8) is 0 Å². The second-order valence-electron chi connectivity index (χ2n) is 21.4. The molecule has 13 aromatic carbocycles. The molecule has 0 fully saturated rings. The van der Waals surface area contributed by atoms with Gasteiger partial charge in [0.05, 0.1) is 27.5 Å². The van der Waals surface area contributed by atoms with Gasteiger partial charge in [0.15, 0.2) is 11.6 Å². The van der Waals surface area contributed by atoms with Gasteiger partial charge in [0.2, 0.25) is 5.95 Å². The average molecular weight is 1030 g/mol. The van der Waals surface area contributed by atoms with Gasteiger partial charge in [-0.3, -0.25) is 4.57 Å². The SMILES string of the molecule is c1ccc(-c2nc(-c3ccc4c(c3)C(c3ccccc3)(c3ccccc3)c3ccccc3-4)nc(-n3c4ccccc4c4cc5c6ccccc6n(-c6ccc(-c7ccc8c9ccccc9c9ccccc9c8c7)cc6)c5cc43)n2)cc1. The number of hydrogen-bond donors (Lipinski definition) is 0. The molecule has 0 saturated carbocycles. The topological polar surface area (TPSA) is 48.5 Å². The first-order chi connectivity index (χ1) is 40.2. The lowest BCUT2D eigenvalue weighted by Gasteiger charge is -2.34. The average Bonchev–Trinajstić information content (AvgIpc) is 3.52. The summed E-state index contributed by atoms with van der Waals surface area (Å²) in [5.41, 5.74) is 16.2. The van der Waals surface area contributed by atoms with Gasteiger partial charge >= 0.3 is 0 Å². The van der Waals surface area contributed by atoms with Crippen LogP contribution in [0.25, 0.3) is 133 Å². The fraction of sp³-hybridized carbons (Fsp3) is 0.0132. The van der Waals surface area contributed by atoms with Gasteiger partial charge in [-0.05, 0) is 125 Å². The molecule has 0 spiro atoms. The molecule has 0 radical (unpaired) electrons. The van der Waals surface area contributed by atoms with Crippen molar-refractivity contribution in [3.05, 3.63) is 307 Å². The molecule has 0 N–H and O–H groups in total. The molecular weight excluding hydrogens is 983 g/mol. The quantitative estimate of drug-likeness (QED) is 0.149. The number of nitrogens with zero attached hydrogens (tertiary/aromatic N) is 5. The fourth-order valence-corrected chi connectivity index (χ4v) is 13.7. The molecule has 0 aliphatic heterocycles. The molecule has 0 atom stereocenters. The van der Waals surface area contributed by atoms with E-state index in [9.17, 15) is 0 Å². The molecule has 5 nitrogen and oxygen atoms in total. The van der Waals surface area contributed by atoms with Crippen molar-refractivity contribution in [2.24, 2.45) is 0 Å². The Morgan fingerprint density at radius 2 is 0.716 bits per heavy atom. The zero-order valence-corrected chi connectivity index (χ0v) is 43.9. The Labute approximate surface area is 467 Å². The molecule has 16 aromatic rings. The van der Waals surface area contributed by atoms with E-state index in [1.54, 1.807) is 0 Å². The summed E-state index contributed by atoms with van der Waals surface area (Å²) in [6, 6.07) is 104. The summed E-state index contributed by atoms with van der Waals surface area (Å²) < 4.78 is 4.67. The van der Waals surface area contributed by atoms with Crippen LogP contribution in [0.5, 0.6) is 0 Å². The number of para-hydroxylation sites is 2. The van der Waals surface area contributed by atoms with Gasteiger partial charge < -0.3 is 4.57 Å². The number of fused-ring (bicyclic) bond motifs is 15. The van der Waals surface area contributed by atoms with Crippen LogP contribution in [0.1, 0.15) is 22.3 Å². The summed E-state index contributed by atoms with van der Waals surface area (Å²) in [5.74, 6) is 1.75. The second kappa shape index (κ2) is 17.6. The van der Waals surface area contributed by atoms with Crippen molar-refractivity contribution in [1.29, 1.82) is 0 Å². The highest BCUT2D eigenvalue weighted by atomic mass is 15.2. The minimum absolute atomic E-state index is 0.550. The van der Waals surface area contributed by atoms with Crippen molar-refractivity contribution < 1.29 is 0 Å². The molecule has 3 aromatic heterocycles. The summed E-state index contributed by atoms with van der Waals surface area (Å²) in [6.07, 6.45) is 0. The van der Waals surface area contributed by atoms with Gasteiger partial charge in [-0.15, -0.1) is 0 Å². The number of benzene rings is 13. The summed E-state index contributed by atoms with van der Waals surface area (Å²) >= 11 is 0. The van der Waals surface area contributed by atoms with E-state index in [-0.39, 0.29) is 0 Å². The van der Waals surface area contributed by atoms with Crippen LogP contribution in [0.15, 0.2) is 285 Å². The standard InChI is InChI=1S/C76H47N5/c1-4-20-49(21-5-1)73-77-74(51-39-43-61-60-30-14-17-33-67(60)76(68(61)45-51,52-22-6-2-7-23-52)53-24-8-3-9-25-53)79-75(78-73)81-70-35-19-16-32-63(70)66-46-65-62-31-15-18-34-69(62)80(71(65)47-72(66)81)54-40-36-48(37-41-54)50-38-42-59-57-28-11-10-26-55(57)56-27-12-13-29-58(56)64(59)44-50/h1-47H. The van der Waals surface area contributed by atoms with E-state index in [4.69, 9.17) is 15.0 Å². The van der Waals surface area contributed by atoms with E-state index < -0.39 is 5.41 Å². The van der Waals surface area contributed by atoms with Crippen LogP contribution in [0.2, 0.25) is 0 Å². The van der Waals surface area contributed by atoms with Gasteiger partial charge in [0.1, 0.15) is 0 Å². The largest absolute Gasteiger partial charge is 0.309 e. The summed E-state index contributed by atoms with van der Waals surface area (Å²) in [4.78, 5) is 16.4. The third-order valence-electron chi connectivity index (χ3n) is 17.2. The zero-order chi connectivity index (χ0) is 53.2. The monoisotopic (exact) mass is 1030 g/mol. The number of rotatable bonds is 7. The predicted octanol–water partition coefficient (Wildman–Crippen LogP) is 18.9. The maximum absolute atomic E-state index is 5.57. The fourth-order valence-electron chi connectivity index (χ4n) is 13.7. The maximum atomic E-state index is 5.57. The zero-order valence-electron chi connectivity index (χ0n) is 43.9. The Morgan fingerprint density at radius 3 is 1.36 bits per heavy atom. The lowest BCUT2D eigenvalue weighted by molar-refractivity contribution is 0.768. The van der Waals surface area contributed by atoms with E-state index in [0.29, 0.717) is 17.6 Å². The van der Waals surface area contributed by atoms with E-state index in [2.05, 4.69) is 276 Å². The highest BCUT2D eigenvalue weighted by Crippen LogP contribution is 2.57. The third kappa shape index (κ3) is 6.70. The van der Waals surface area contributed by atoms with Crippen molar-refractivity contribution in [2.45, 2.75) is 5.41 Å². The Kier molecular flexibility index (Phi) is 9.86. The lowest BCUT2D eigenvalue weighted by Crippen LogP contribution is -2.28. The van der Waals surface area contributed by atoms with Crippen LogP contribution in [-0.2, 0) is 5.41 Å². The molecule has 5 heteroatoms. The Morgan fingerprint density at radius 1 is 0.247 bits per heavy atom. The van der Waals surface area contributed by atoms with E-state index in [0.717, 1.165) is 49.7 Å². The molecule has 81 heavy (non-hydrogen) atoms. The first-order valence-electron chi connectivity index (χ1n) is 27.8. The van der Waals surface area contributed by atoms with E-state index in [1.807, 2.05) is 18.2 Å². The van der Waals surface area contributed by atoms with Gasteiger partial charge in [-0.1, -0.05) is 237 Å². The van der Waals surface area contributed by atoms with Gasteiger partial charge in [-0.2, -0.15) is 9.97 Å². The first kappa shape index (κ1) is 45.3. The van der Waals surface area contributed by atoms with E-state index >= 15 is 0 Å². The number of aromatic nitrogens is 5.